The van der Waals surface area contributed by atoms with E-state index in [1.807, 2.05) is 25.1 Å². The molecule has 1 aliphatic rings. The van der Waals surface area contributed by atoms with Crippen molar-refractivity contribution in [2.45, 2.75) is 19.9 Å². The molecular formula is C29H22FN5O3. The van der Waals surface area contributed by atoms with Gasteiger partial charge in [-0.2, -0.15) is 5.26 Å². The number of para-hydroxylation sites is 1. The molecule has 2 heterocycles. The highest BCUT2D eigenvalue weighted by molar-refractivity contribution is 6.14. The fraction of sp³-hybridized carbons (Fsp3) is 0.103. The molecule has 1 aliphatic heterocycles. The molecule has 0 bridgehead atoms. The predicted molar refractivity (Wildman–Crippen MR) is 139 cm³/mol. The lowest BCUT2D eigenvalue weighted by atomic mass is 10.1. The van der Waals surface area contributed by atoms with Crippen molar-refractivity contribution >= 4 is 18.0 Å². The fourth-order valence-corrected chi connectivity index (χ4v) is 4.37. The fourth-order valence-electron chi connectivity index (χ4n) is 4.37. The van der Waals surface area contributed by atoms with E-state index in [1.54, 1.807) is 42.5 Å². The number of carbonyl (C=O) groups is 2. The molecule has 1 fully saturated rings. The number of urea groups is 1. The summed E-state index contributed by atoms with van der Waals surface area (Å²) in [5.41, 5.74) is 3.36. The van der Waals surface area contributed by atoms with E-state index in [0.717, 1.165) is 16.0 Å². The van der Waals surface area contributed by atoms with E-state index in [0.29, 0.717) is 22.5 Å². The van der Waals surface area contributed by atoms with E-state index >= 15 is 0 Å². The normalized spacial score (nSPS) is 14.1. The molecule has 2 N–H and O–H groups in total. The molecule has 38 heavy (non-hydrogen) atoms. The number of rotatable bonds is 6. The average Bonchev–Trinajstić information content (AvgIpc) is 3.36. The van der Waals surface area contributed by atoms with Crippen LogP contribution in [0.5, 0.6) is 0 Å². The van der Waals surface area contributed by atoms with Crippen molar-refractivity contribution in [2.75, 3.05) is 0 Å². The van der Waals surface area contributed by atoms with Crippen molar-refractivity contribution < 1.29 is 14.0 Å². The molecule has 1 aromatic heterocycles. The summed E-state index contributed by atoms with van der Waals surface area (Å²) in [6.07, 6.45) is 1.62. The van der Waals surface area contributed by atoms with Gasteiger partial charge >= 0.3 is 6.03 Å². The lowest BCUT2D eigenvalue weighted by Gasteiger charge is -2.12. The number of hydrogen-bond donors (Lipinski definition) is 2. The zero-order valence-corrected chi connectivity index (χ0v) is 20.4. The van der Waals surface area contributed by atoms with Crippen LogP contribution in [0.25, 0.3) is 11.8 Å². The second kappa shape index (κ2) is 10.0. The van der Waals surface area contributed by atoms with Crippen molar-refractivity contribution in [1.29, 1.82) is 5.26 Å². The molecule has 9 heteroatoms. The first-order chi connectivity index (χ1) is 18.4. The summed E-state index contributed by atoms with van der Waals surface area (Å²) in [7, 11) is 0. The van der Waals surface area contributed by atoms with Crippen molar-refractivity contribution in [3.8, 4) is 11.8 Å². The van der Waals surface area contributed by atoms with Crippen LogP contribution in [0.1, 0.15) is 33.5 Å². The highest BCUT2D eigenvalue weighted by Crippen LogP contribution is 2.21. The van der Waals surface area contributed by atoms with Gasteiger partial charge in [0.15, 0.2) is 0 Å². The number of hydrogen-bond acceptors (Lipinski definition) is 4. The molecule has 0 saturated carbocycles. The predicted octanol–water partition coefficient (Wildman–Crippen LogP) is 4.17. The third-order valence-corrected chi connectivity index (χ3v) is 6.37. The minimum absolute atomic E-state index is 0.0576. The molecule has 0 spiro atoms. The largest absolute Gasteiger partial charge is 0.329 e. The quantitative estimate of drug-likeness (QED) is 0.301. The third kappa shape index (κ3) is 4.63. The number of carbonyl (C=O) groups excluding carboxylic acids is 2. The molecule has 1 saturated heterocycles. The summed E-state index contributed by atoms with van der Waals surface area (Å²) in [6, 6.07) is 21.4. The van der Waals surface area contributed by atoms with Gasteiger partial charge in [0, 0.05) is 12.1 Å². The highest BCUT2D eigenvalue weighted by atomic mass is 19.1. The topological polar surface area (TPSA) is 111 Å². The second-order valence-electron chi connectivity index (χ2n) is 8.88. The lowest BCUT2D eigenvalue weighted by molar-refractivity contribution is -0.123. The van der Waals surface area contributed by atoms with Crippen LogP contribution < -0.4 is 10.9 Å². The highest BCUT2D eigenvalue weighted by Gasteiger charge is 2.34. The van der Waals surface area contributed by atoms with Gasteiger partial charge in [-0.15, -0.1) is 0 Å². The van der Waals surface area contributed by atoms with Crippen LogP contribution in [0.2, 0.25) is 0 Å². The number of H-pyrrole nitrogens is 1. The molecule has 188 valence electrons. The first-order valence-corrected chi connectivity index (χ1v) is 11.8. The van der Waals surface area contributed by atoms with E-state index in [-0.39, 0.29) is 30.0 Å². The molecule has 8 nitrogen and oxygen atoms in total. The molecule has 4 aromatic rings. The van der Waals surface area contributed by atoms with Crippen LogP contribution in [0, 0.1) is 24.1 Å². The number of benzene rings is 3. The van der Waals surface area contributed by atoms with Crippen LogP contribution in [-0.4, -0.2) is 26.6 Å². The summed E-state index contributed by atoms with van der Waals surface area (Å²) in [5.74, 6) is -0.988. The minimum atomic E-state index is -0.649. The molecule has 3 amide bonds. The van der Waals surface area contributed by atoms with E-state index in [9.17, 15) is 24.0 Å². The summed E-state index contributed by atoms with van der Waals surface area (Å²) in [6.45, 7) is 1.78. The van der Waals surface area contributed by atoms with E-state index in [1.165, 1.54) is 22.9 Å². The van der Waals surface area contributed by atoms with Crippen molar-refractivity contribution in [3.05, 3.63) is 128 Å². The Bertz CT molecular complexity index is 1690. The molecule has 0 atom stereocenters. The van der Waals surface area contributed by atoms with Crippen LogP contribution in [0.4, 0.5) is 9.18 Å². The van der Waals surface area contributed by atoms with Gasteiger partial charge in [-0.1, -0.05) is 48.5 Å². The van der Waals surface area contributed by atoms with Crippen molar-refractivity contribution in [3.63, 3.8) is 0 Å². The summed E-state index contributed by atoms with van der Waals surface area (Å²) < 4.78 is 14.8. The number of nitriles is 1. The van der Waals surface area contributed by atoms with Crippen LogP contribution in [0.3, 0.4) is 0 Å². The number of nitrogens with one attached hydrogen (secondary N) is 2. The van der Waals surface area contributed by atoms with Gasteiger partial charge in [-0.3, -0.25) is 19.6 Å². The van der Waals surface area contributed by atoms with Crippen molar-refractivity contribution in [1.82, 2.24) is 20.0 Å². The number of imide groups is 1. The third-order valence-electron chi connectivity index (χ3n) is 6.37. The number of amides is 3. The van der Waals surface area contributed by atoms with Gasteiger partial charge in [0.2, 0.25) is 0 Å². The van der Waals surface area contributed by atoms with Gasteiger partial charge in [-0.05, 0) is 54.0 Å². The smallest absolute Gasteiger partial charge is 0.303 e. The Morgan fingerprint density at radius 2 is 1.68 bits per heavy atom. The Morgan fingerprint density at radius 1 is 0.974 bits per heavy atom. The number of nitrogens with zero attached hydrogens (tertiary/aromatic N) is 3. The SMILES string of the molecule is Cc1ccccc1-n1[nH]c(Cc2ccc(F)cc2)c(/C=C2\NC(=O)N(Cc3ccccc3C#N)C2=O)c1=O. The maximum Gasteiger partial charge on any atom is 0.329 e. The Labute approximate surface area is 217 Å². The number of aromatic amines is 1. The summed E-state index contributed by atoms with van der Waals surface area (Å²) in [4.78, 5) is 40.5. The van der Waals surface area contributed by atoms with E-state index in [4.69, 9.17) is 0 Å². The maximum atomic E-state index is 13.6. The van der Waals surface area contributed by atoms with Crippen LogP contribution >= 0.6 is 0 Å². The molecule has 0 radical (unpaired) electrons. The number of aromatic nitrogens is 2. The molecular weight excluding hydrogens is 485 g/mol. The Balaban J connectivity index is 1.55. The maximum absolute atomic E-state index is 13.6. The monoisotopic (exact) mass is 507 g/mol. The molecule has 3 aromatic carbocycles. The van der Waals surface area contributed by atoms with E-state index < -0.39 is 17.5 Å². The average molecular weight is 508 g/mol. The Hall–Kier alpha value is -5.23. The lowest BCUT2D eigenvalue weighted by Crippen LogP contribution is -2.30. The van der Waals surface area contributed by atoms with Crippen LogP contribution in [-0.2, 0) is 17.8 Å². The van der Waals surface area contributed by atoms with Gasteiger partial charge in [0.05, 0.1) is 29.4 Å². The van der Waals surface area contributed by atoms with Gasteiger partial charge in [0.1, 0.15) is 11.5 Å². The van der Waals surface area contributed by atoms with Crippen LogP contribution in [0.15, 0.2) is 83.3 Å². The van der Waals surface area contributed by atoms with Crippen molar-refractivity contribution in [2.24, 2.45) is 0 Å². The Morgan fingerprint density at radius 3 is 2.42 bits per heavy atom. The van der Waals surface area contributed by atoms with Gasteiger partial charge in [-0.25, -0.2) is 13.9 Å². The first-order valence-electron chi connectivity index (χ1n) is 11.8. The van der Waals surface area contributed by atoms with Gasteiger partial charge in [0.25, 0.3) is 11.5 Å². The molecule has 0 unspecified atom stereocenters. The van der Waals surface area contributed by atoms with E-state index in [2.05, 4.69) is 16.5 Å². The summed E-state index contributed by atoms with van der Waals surface area (Å²) in [5, 5.41) is 15.0. The number of aryl methyl sites for hydroxylation is 1. The zero-order valence-electron chi connectivity index (χ0n) is 20.4. The van der Waals surface area contributed by atoms with Gasteiger partial charge < -0.3 is 5.32 Å². The number of halogens is 1. The summed E-state index contributed by atoms with van der Waals surface area (Å²) >= 11 is 0. The Kier molecular flexibility index (Phi) is 6.46. The zero-order chi connectivity index (χ0) is 26.8. The second-order valence-corrected chi connectivity index (χ2v) is 8.88. The standard InChI is InChI=1S/C29H22FN5O3/c1-18-6-2-5-9-26(18)35-27(36)23(24(33-35)14-19-10-12-22(30)13-11-19)15-25-28(37)34(29(38)32-25)17-21-8-4-3-7-20(21)16-31/h2-13,15,33H,14,17H2,1H3,(H,32,38)/b25-15-. The minimum Gasteiger partial charge on any atom is -0.303 e. The first kappa shape index (κ1) is 24.5. The molecule has 0 aliphatic carbocycles. The molecule has 5 rings (SSSR count).